The van der Waals surface area contributed by atoms with Crippen LogP contribution in [0.3, 0.4) is 0 Å². The topological polar surface area (TPSA) is 32.3 Å². The Hall–Kier alpha value is -0.340. The molecule has 0 heterocycles. The van der Waals surface area contributed by atoms with Crippen LogP contribution < -0.4 is 5.32 Å². The van der Waals surface area contributed by atoms with Crippen molar-refractivity contribution in [1.29, 1.82) is 0 Å². The average molecular weight is 129 g/mol. The largest absolute Gasteiger partial charge is 0.394 e. The second-order valence-electron chi connectivity index (χ2n) is 1.98. The SMILES string of the molecule is C=C[C@H](CO)NCCC. The summed E-state index contributed by atoms with van der Waals surface area (Å²) < 4.78 is 0. The van der Waals surface area contributed by atoms with Crippen molar-refractivity contribution in [2.24, 2.45) is 0 Å². The van der Waals surface area contributed by atoms with Gasteiger partial charge in [0.25, 0.3) is 0 Å². The molecular formula is C7H15NO. The van der Waals surface area contributed by atoms with Crippen LogP contribution in [-0.2, 0) is 0 Å². The Morgan fingerprint density at radius 1 is 1.78 bits per heavy atom. The lowest BCUT2D eigenvalue weighted by atomic mass is 10.3. The first-order valence-corrected chi connectivity index (χ1v) is 3.32. The minimum Gasteiger partial charge on any atom is -0.394 e. The van der Waals surface area contributed by atoms with Crippen LogP contribution in [0.2, 0.25) is 0 Å². The Morgan fingerprint density at radius 2 is 2.44 bits per heavy atom. The minimum absolute atomic E-state index is 0.0740. The third kappa shape index (κ3) is 4.18. The Morgan fingerprint density at radius 3 is 2.78 bits per heavy atom. The molecule has 0 aromatic heterocycles. The minimum atomic E-state index is 0.0740. The second kappa shape index (κ2) is 5.79. The Kier molecular flexibility index (Phi) is 5.57. The lowest BCUT2D eigenvalue weighted by molar-refractivity contribution is 0.265. The van der Waals surface area contributed by atoms with Crippen LogP contribution >= 0.6 is 0 Å². The maximum atomic E-state index is 8.62. The molecule has 54 valence electrons. The predicted octanol–water partition coefficient (Wildman–Crippen LogP) is 0.533. The monoisotopic (exact) mass is 129 g/mol. The van der Waals surface area contributed by atoms with Crippen LogP contribution in [-0.4, -0.2) is 24.3 Å². The fourth-order valence-electron chi connectivity index (χ4n) is 0.552. The van der Waals surface area contributed by atoms with Crippen molar-refractivity contribution in [1.82, 2.24) is 5.32 Å². The van der Waals surface area contributed by atoms with E-state index >= 15 is 0 Å². The molecule has 0 radical (unpaired) electrons. The molecule has 0 amide bonds. The van der Waals surface area contributed by atoms with Gasteiger partial charge in [0.1, 0.15) is 0 Å². The fourth-order valence-corrected chi connectivity index (χ4v) is 0.552. The molecule has 0 aliphatic heterocycles. The van der Waals surface area contributed by atoms with E-state index in [1.54, 1.807) is 6.08 Å². The van der Waals surface area contributed by atoms with Crippen molar-refractivity contribution in [3.63, 3.8) is 0 Å². The molecule has 1 atom stereocenters. The van der Waals surface area contributed by atoms with Crippen LogP contribution in [0.4, 0.5) is 0 Å². The van der Waals surface area contributed by atoms with E-state index in [-0.39, 0.29) is 12.6 Å². The molecular weight excluding hydrogens is 114 g/mol. The summed E-state index contributed by atoms with van der Waals surface area (Å²) in [6.45, 7) is 6.73. The van der Waals surface area contributed by atoms with E-state index < -0.39 is 0 Å². The van der Waals surface area contributed by atoms with Crippen molar-refractivity contribution < 1.29 is 5.11 Å². The number of rotatable bonds is 5. The first-order valence-electron chi connectivity index (χ1n) is 3.32. The molecule has 0 aliphatic rings. The van der Waals surface area contributed by atoms with Gasteiger partial charge in [0.2, 0.25) is 0 Å². The number of hydrogen-bond acceptors (Lipinski definition) is 2. The summed E-state index contributed by atoms with van der Waals surface area (Å²) in [5, 5.41) is 11.7. The lowest BCUT2D eigenvalue weighted by Gasteiger charge is -2.09. The Balaban J connectivity index is 3.20. The van der Waals surface area contributed by atoms with Gasteiger partial charge >= 0.3 is 0 Å². The van der Waals surface area contributed by atoms with Gasteiger partial charge in [-0.15, -0.1) is 6.58 Å². The first-order chi connectivity index (χ1) is 4.35. The highest BCUT2D eigenvalue weighted by molar-refractivity contribution is 4.84. The predicted molar refractivity (Wildman–Crippen MR) is 39.4 cm³/mol. The van der Waals surface area contributed by atoms with Gasteiger partial charge in [-0.3, -0.25) is 0 Å². The van der Waals surface area contributed by atoms with E-state index in [1.165, 1.54) is 0 Å². The molecule has 0 spiro atoms. The quantitative estimate of drug-likeness (QED) is 0.531. The van der Waals surface area contributed by atoms with Crippen molar-refractivity contribution in [2.75, 3.05) is 13.2 Å². The smallest absolute Gasteiger partial charge is 0.0620 e. The molecule has 0 aromatic rings. The van der Waals surface area contributed by atoms with Gasteiger partial charge in [-0.2, -0.15) is 0 Å². The van der Waals surface area contributed by atoms with Crippen LogP contribution in [0.5, 0.6) is 0 Å². The fraction of sp³-hybridized carbons (Fsp3) is 0.714. The van der Waals surface area contributed by atoms with Gasteiger partial charge in [-0.05, 0) is 13.0 Å². The molecule has 9 heavy (non-hydrogen) atoms. The average Bonchev–Trinajstić information content (AvgIpc) is 1.91. The maximum Gasteiger partial charge on any atom is 0.0620 e. The van der Waals surface area contributed by atoms with E-state index in [4.69, 9.17) is 5.11 Å². The van der Waals surface area contributed by atoms with Crippen molar-refractivity contribution in [3.05, 3.63) is 12.7 Å². The third-order valence-electron chi connectivity index (χ3n) is 1.14. The summed E-state index contributed by atoms with van der Waals surface area (Å²) >= 11 is 0. The zero-order valence-electron chi connectivity index (χ0n) is 5.93. The van der Waals surface area contributed by atoms with Gasteiger partial charge in [-0.1, -0.05) is 13.0 Å². The van der Waals surface area contributed by atoms with Crippen molar-refractivity contribution >= 4 is 0 Å². The molecule has 0 aromatic carbocycles. The Labute approximate surface area is 56.6 Å². The highest BCUT2D eigenvalue weighted by atomic mass is 16.3. The molecule has 2 N–H and O–H groups in total. The van der Waals surface area contributed by atoms with Gasteiger partial charge in [0.05, 0.1) is 6.61 Å². The van der Waals surface area contributed by atoms with E-state index in [2.05, 4.69) is 18.8 Å². The van der Waals surface area contributed by atoms with Gasteiger partial charge in [-0.25, -0.2) is 0 Å². The van der Waals surface area contributed by atoms with Crippen LogP contribution in [0.15, 0.2) is 12.7 Å². The number of hydrogen-bond donors (Lipinski definition) is 2. The van der Waals surface area contributed by atoms with Crippen LogP contribution in [0.1, 0.15) is 13.3 Å². The summed E-state index contributed by atoms with van der Waals surface area (Å²) in [5.74, 6) is 0. The number of nitrogens with one attached hydrogen (secondary N) is 1. The van der Waals surface area contributed by atoms with E-state index in [9.17, 15) is 0 Å². The molecule has 0 aliphatic carbocycles. The summed E-state index contributed by atoms with van der Waals surface area (Å²) in [5.41, 5.74) is 0. The number of aliphatic hydroxyl groups excluding tert-OH is 1. The Bertz CT molecular complexity index is 73.3. The van der Waals surface area contributed by atoms with Gasteiger partial charge in [0.15, 0.2) is 0 Å². The summed E-state index contributed by atoms with van der Waals surface area (Å²) in [6, 6.07) is 0.0740. The zero-order chi connectivity index (χ0) is 7.11. The highest BCUT2D eigenvalue weighted by Gasteiger charge is 1.96. The third-order valence-corrected chi connectivity index (χ3v) is 1.14. The van der Waals surface area contributed by atoms with Gasteiger partial charge in [0, 0.05) is 6.04 Å². The van der Waals surface area contributed by atoms with E-state index in [1.807, 2.05) is 0 Å². The molecule has 0 bridgehead atoms. The maximum absolute atomic E-state index is 8.62. The molecule has 0 fully saturated rings. The molecule has 0 unspecified atom stereocenters. The highest BCUT2D eigenvalue weighted by Crippen LogP contribution is 1.82. The number of aliphatic hydroxyl groups is 1. The normalized spacial score (nSPS) is 13.1. The molecule has 0 rings (SSSR count). The lowest BCUT2D eigenvalue weighted by Crippen LogP contribution is -2.30. The van der Waals surface area contributed by atoms with E-state index in [0.717, 1.165) is 13.0 Å². The molecule has 0 saturated carbocycles. The van der Waals surface area contributed by atoms with Crippen LogP contribution in [0, 0.1) is 0 Å². The summed E-state index contributed by atoms with van der Waals surface area (Å²) in [7, 11) is 0. The van der Waals surface area contributed by atoms with Gasteiger partial charge < -0.3 is 10.4 Å². The summed E-state index contributed by atoms with van der Waals surface area (Å²) in [6.07, 6.45) is 2.81. The van der Waals surface area contributed by atoms with Crippen molar-refractivity contribution in [2.45, 2.75) is 19.4 Å². The standard InChI is InChI=1S/C7H15NO/c1-3-5-8-7(4-2)6-9/h4,7-9H,2-3,5-6H2,1H3/t7-/m1/s1. The van der Waals surface area contributed by atoms with Crippen molar-refractivity contribution in [3.8, 4) is 0 Å². The first kappa shape index (κ1) is 8.66. The second-order valence-corrected chi connectivity index (χ2v) is 1.98. The molecule has 0 saturated heterocycles. The molecule has 2 heteroatoms. The zero-order valence-corrected chi connectivity index (χ0v) is 5.93. The van der Waals surface area contributed by atoms with E-state index in [0.29, 0.717) is 0 Å². The summed E-state index contributed by atoms with van der Waals surface area (Å²) in [4.78, 5) is 0. The van der Waals surface area contributed by atoms with Crippen LogP contribution in [0.25, 0.3) is 0 Å². The molecule has 2 nitrogen and oxygen atoms in total.